The lowest BCUT2D eigenvalue weighted by atomic mass is 9.80. The van der Waals surface area contributed by atoms with Crippen molar-refractivity contribution in [1.82, 2.24) is 0 Å². The Morgan fingerprint density at radius 2 is 1.64 bits per heavy atom. The van der Waals surface area contributed by atoms with Gasteiger partial charge in [-0.25, -0.2) is 4.79 Å². The number of ether oxygens (including phenoxy) is 2. The van der Waals surface area contributed by atoms with E-state index in [1.54, 1.807) is 18.7 Å². The summed E-state index contributed by atoms with van der Waals surface area (Å²) in [5, 5.41) is 0. The molecule has 1 aliphatic rings. The highest BCUT2D eigenvalue weighted by molar-refractivity contribution is 5.94. The van der Waals surface area contributed by atoms with E-state index in [2.05, 4.69) is 12.1 Å². The Morgan fingerprint density at radius 3 is 2.18 bits per heavy atom. The first-order chi connectivity index (χ1) is 13.2. The van der Waals surface area contributed by atoms with Crippen LogP contribution in [-0.2, 0) is 14.3 Å². The van der Waals surface area contributed by atoms with E-state index in [1.807, 2.05) is 51.1 Å². The Hall–Kier alpha value is -2.82. The molecule has 1 aliphatic heterocycles. The fourth-order valence-corrected chi connectivity index (χ4v) is 4.16. The maximum absolute atomic E-state index is 13.1. The number of carbonyl (C=O) groups is 2. The summed E-state index contributed by atoms with van der Waals surface area (Å²) in [5.74, 6) is -0.412. The standard InChI is InChI=1S/C23H27NO4/c1-14-12-15(2)18(16(3)13-14)24-19(17-10-8-7-9-11-17)20(28-22(24)26)23(4,5)21(25)27-6/h7-13,19-20H,1-6H3/t19-,20+/m0/s1. The maximum atomic E-state index is 13.1. The van der Waals surface area contributed by atoms with Gasteiger partial charge in [0.1, 0.15) is 17.6 Å². The van der Waals surface area contributed by atoms with Gasteiger partial charge in [-0.05, 0) is 51.3 Å². The topological polar surface area (TPSA) is 55.8 Å². The molecule has 0 aromatic heterocycles. The van der Waals surface area contributed by atoms with Crippen molar-refractivity contribution in [3.8, 4) is 0 Å². The third-order valence-electron chi connectivity index (χ3n) is 5.43. The van der Waals surface area contributed by atoms with Gasteiger partial charge < -0.3 is 9.47 Å². The van der Waals surface area contributed by atoms with Crippen molar-refractivity contribution in [3.05, 3.63) is 64.7 Å². The van der Waals surface area contributed by atoms with Gasteiger partial charge in [0.2, 0.25) is 0 Å². The molecule has 0 aliphatic carbocycles. The minimum absolute atomic E-state index is 0.412. The smallest absolute Gasteiger partial charge is 0.415 e. The number of hydrogen-bond acceptors (Lipinski definition) is 4. The van der Waals surface area contributed by atoms with Crippen molar-refractivity contribution in [2.24, 2.45) is 5.41 Å². The molecular weight excluding hydrogens is 354 g/mol. The van der Waals surface area contributed by atoms with E-state index in [9.17, 15) is 9.59 Å². The lowest BCUT2D eigenvalue weighted by Gasteiger charge is -2.33. The molecule has 3 rings (SSSR count). The fourth-order valence-electron chi connectivity index (χ4n) is 4.16. The van der Waals surface area contributed by atoms with Crippen LogP contribution in [0.5, 0.6) is 0 Å². The van der Waals surface area contributed by atoms with Crippen molar-refractivity contribution in [3.63, 3.8) is 0 Å². The molecule has 5 nitrogen and oxygen atoms in total. The highest BCUT2D eigenvalue weighted by Gasteiger charge is 2.54. The molecule has 5 heteroatoms. The van der Waals surface area contributed by atoms with Gasteiger partial charge in [0.25, 0.3) is 0 Å². The third kappa shape index (κ3) is 3.26. The second-order valence-corrected chi connectivity index (χ2v) is 7.99. The Kier molecular flexibility index (Phi) is 5.20. The summed E-state index contributed by atoms with van der Waals surface area (Å²) in [5.41, 5.74) is 3.85. The zero-order chi connectivity index (χ0) is 20.6. The van der Waals surface area contributed by atoms with Gasteiger partial charge in [0.15, 0.2) is 0 Å². The Labute approximate surface area is 166 Å². The average molecular weight is 381 g/mol. The van der Waals surface area contributed by atoms with Gasteiger partial charge in [0.05, 0.1) is 12.8 Å². The highest BCUT2D eigenvalue weighted by Crippen LogP contribution is 2.46. The Bertz CT molecular complexity index is 881. The van der Waals surface area contributed by atoms with E-state index < -0.39 is 29.6 Å². The molecule has 1 amide bonds. The number of rotatable bonds is 4. The molecule has 2 aromatic rings. The predicted molar refractivity (Wildman–Crippen MR) is 108 cm³/mol. The number of benzene rings is 2. The van der Waals surface area contributed by atoms with E-state index in [1.165, 1.54) is 7.11 Å². The second-order valence-electron chi connectivity index (χ2n) is 7.99. The van der Waals surface area contributed by atoms with Crippen molar-refractivity contribution < 1.29 is 19.1 Å². The quantitative estimate of drug-likeness (QED) is 0.709. The van der Waals surface area contributed by atoms with Crippen molar-refractivity contribution in [1.29, 1.82) is 0 Å². The first kappa shape index (κ1) is 19.9. The molecule has 1 saturated heterocycles. The zero-order valence-electron chi connectivity index (χ0n) is 17.3. The van der Waals surface area contributed by atoms with Crippen LogP contribution in [0.4, 0.5) is 10.5 Å². The Morgan fingerprint density at radius 1 is 1.07 bits per heavy atom. The van der Waals surface area contributed by atoms with E-state index in [-0.39, 0.29) is 0 Å². The minimum atomic E-state index is -1.01. The van der Waals surface area contributed by atoms with Crippen LogP contribution in [-0.4, -0.2) is 25.3 Å². The minimum Gasteiger partial charge on any atom is -0.468 e. The largest absolute Gasteiger partial charge is 0.468 e. The molecule has 0 radical (unpaired) electrons. The van der Waals surface area contributed by atoms with Gasteiger partial charge >= 0.3 is 12.1 Å². The van der Waals surface area contributed by atoms with Crippen molar-refractivity contribution >= 4 is 17.7 Å². The number of aryl methyl sites for hydroxylation is 3. The summed E-state index contributed by atoms with van der Waals surface area (Å²) >= 11 is 0. The van der Waals surface area contributed by atoms with Crippen LogP contribution in [0.2, 0.25) is 0 Å². The number of esters is 1. The van der Waals surface area contributed by atoms with Crippen LogP contribution in [0.3, 0.4) is 0 Å². The number of hydrogen-bond donors (Lipinski definition) is 0. The monoisotopic (exact) mass is 381 g/mol. The molecule has 1 heterocycles. The molecule has 0 N–H and O–H groups in total. The predicted octanol–water partition coefficient (Wildman–Crippen LogP) is 4.88. The van der Waals surface area contributed by atoms with Gasteiger partial charge in [-0.1, -0.05) is 48.0 Å². The fraction of sp³-hybridized carbons (Fsp3) is 0.391. The SMILES string of the molecule is COC(=O)C(C)(C)[C@@H]1OC(=O)N(c2c(C)cc(C)cc2C)[C@H]1c1ccccc1. The van der Waals surface area contributed by atoms with Crippen molar-refractivity contribution in [2.75, 3.05) is 12.0 Å². The third-order valence-corrected chi connectivity index (χ3v) is 5.43. The molecular formula is C23H27NO4. The van der Waals surface area contributed by atoms with E-state index in [0.29, 0.717) is 0 Å². The van der Waals surface area contributed by atoms with Crippen LogP contribution in [0, 0.1) is 26.2 Å². The summed E-state index contributed by atoms with van der Waals surface area (Å²) in [6, 6.07) is 13.3. The van der Waals surface area contributed by atoms with Gasteiger partial charge in [-0.3, -0.25) is 9.69 Å². The van der Waals surface area contributed by atoms with E-state index in [4.69, 9.17) is 9.47 Å². The number of methoxy groups -OCH3 is 1. The summed E-state index contributed by atoms with van der Waals surface area (Å²) in [4.78, 5) is 27.3. The summed E-state index contributed by atoms with van der Waals surface area (Å²) in [7, 11) is 1.35. The molecule has 0 saturated carbocycles. The number of amides is 1. The molecule has 2 atom stereocenters. The Balaban J connectivity index is 2.20. The summed E-state index contributed by atoms with van der Waals surface area (Å²) < 4.78 is 10.8. The zero-order valence-corrected chi connectivity index (χ0v) is 17.3. The van der Waals surface area contributed by atoms with Crippen LogP contribution in [0.25, 0.3) is 0 Å². The lowest BCUT2D eigenvalue weighted by Crippen LogP contribution is -2.43. The van der Waals surface area contributed by atoms with Crippen LogP contribution in [0.1, 0.15) is 42.1 Å². The molecule has 0 bridgehead atoms. The van der Waals surface area contributed by atoms with E-state index >= 15 is 0 Å². The lowest BCUT2D eigenvalue weighted by molar-refractivity contribution is -0.156. The first-order valence-corrected chi connectivity index (χ1v) is 9.39. The van der Waals surface area contributed by atoms with Gasteiger partial charge in [0, 0.05) is 0 Å². The molecule has 1 fully saturated rings. The molecule has 2 aromatic carbocycles. The number of anilines is 1. The van der Waals surface area contributed by atoms with Gasteiger partial charge in [-0.2, -0.15) is 0 Å². The van der Waals surface area contributed by atoms with Gasteiger partial charge in [-0.15, -0.1) is 0 Å². The normalized spacial score (nSPS) is 19.5. The van der Waals surface area contributed by atoms with Crippen LogP contribution >= 0.6 is 0 Å². The van der Waals surface area contributed by atoms with E-state index in [0.717, 1.165) is 27.9 Å². The van der Waals surface area contributed by atoms with Crippen LogP contribution < -0.4 is 4.90 Å². The first-order valence-electron chi connectivity index (χ1n) is 9.39. The molecule has 0 unspecified atom stereocenters. The van der Waals surface area contributed by atoms with Crippen molar-refractivity contribution in [2.45, 2.75) is 46.8 Å². The highest BCUT2D eigenvalue weighted by atomic mass is 16.6. The average Bonchev–Trinajstić information content (AvgIpc) is 2.99. The molecule has 0 spiro atoms. The summed E-state index contributed by atoms with van der Waals surface area (Å²) in [6.07, 6.45) is -1.14. The number of nitrogens with zero attached hydrogens (tertiary/aromatic N) is 1. The maximum Gasteiger partial charge on any atom is 0.415 e. The number of carbonyl (C=O) groups excluding carboxylic acids is 2. The molecule has 28 heavy (non-hydrogen) atoms. The summed E-state index contributed by atoms with van der Waals surface area (Å²) in [6.45, 7) is 9.52. The molecule has 148 valence electrons. The number of cyclic esters (lactones) is 1. The van der Waals surface area contributed by atoms with Crippen LogP contribution in [0.15, 0.2) is 42.5 Å². The second kappa shape index (κ2) is 7.30.